The molecule has 2 N–H and O–H groups in total. The fourth-order valence-corrected chi connectivity index (χ4v) is 5.35. The van der Waals surface area contributed by atoms with Gasteiger partial charge in [0.25, 0.3) is 0 Å². The highest BCUT2D eigenvalue weighted by Gasteiger charge is 2.31. The highest BCUT2D eigenvalue weighted by atomic mass is 35.6. The summed E-state index contributed by atoms with van der Waals surface area (Å²) in [5.74, 6) is -4.25. The first-order valence-corrected chi connectivity index (χ1v) is 16.5. The Kier molecular flexibility index (Phi) is 15.4. The topological polar surface area (TPSA) is 189 Å². The Morgan fingerprint density at radius 2 is 1.08 bits per heavy atom. The molecule has 0 amide bonds. The van der Waals surface area contributed by atoms with E-state index in [1.165, 1.54) is 21.3 Å². The van der Waals surface area contributed by atoms with E-state index in [1.54, 1.807) is 24.3 Å². The molecule has 14 nitrogen and oxygen atoms in total. The van der Waals surface area contributed by atoms with Crippen LogP contribution in [0.3, 0.4) is 0 Å². The van der Waals surface area contributed by atoms with Crippen LogP contribution in [0.5, 0.6) is 0 Å². The van der Waals surface area contributed by atoms with Crippen LogP contribution in [0.25, 0.3) is 0 Å². The van der Waals surface area contributed by atoms with Crippen LogP contribution in [0.1, 0.15) is 73.0 Å². The molecule has 276 valence electrons. The highest BCUT2D eigenvalue weighted by Crippen LogP contribution is 2.31. The number of H-pyrrole nitrogens is 2. The molecule has 0 aliphatic rings. The van der Waals surface area contributed by atoms with Crippen molar-refractivity contribution in [2.45, 2.75) is 55.3 Å². The second kappa shape index (κ2) is 19.2. The Balaban J connectivity index is 2.22. The summed E-state index contributed by atoms with van der Waals surface area (Å²) in [5, 5.41) is 0. The molecule has 2 heterocycles. The van der Waals surface area contributed by atoms with E-state index in [0.717, 1.165) is 12.7 Å². The molecule has 0 bridgehead atoms. The molecule has 3 rings (SSSR count). The maximum atomic E-state index is 13.6. The summed E-state index contributed by atoms with van der Waals surface area (Å²) in [5.41, 5.74) is 2.24. The van der Waals surface area contributed by atoms with Crippen LogP contribution in [0, 0.1) is 0 Å². The summed E-state index contributed by atoms with van der Waals surface area (Å²) >= 11 is 17.4. The zero-order chi connectivity index (χ0) is 37.7. The van der Waals surface area contributed by atoms with Crippen molar-refractivity contribution in [3.63, 3.8) is 0 Å². The van der Waals surface area contributed by atoms with Crippen molar-refractivity contribution in [2.24, 2.45) is 0 Å². The average molecular weight is 772 g/mol. The molecule has 3 aromatic rings. The number of aromatic nitrogens is 2. The molecule has 0 fully saturated rings. The van der Waals surface area contributed by atoms with Gasteiger partial charge in [0, 0.05) is 30.7 Å². The molecule has 0 atom stereocenters. The third-order valence-electron chi connectivity index (χ3n) is 7.67. The SMILES string of the molecule is COC(=O)CCc1c(Cc2[nH]c(C(=O)OCc3ccccc3)c(CCC(=O)OC)c2CC(=O)OC)[nH]c(C(=O)OCC(Cl)(Cl)Cl)c1CC(=O)OC. The normalized spacial score (nSPS) is 11.0. The molecule has 0 saturated carbocycles. The van der Waals surface area contributed by atoms with E-state index in [2.05, 4.69) is 9.97 Å². The molecule has 0 radical (unpaired) electrons. The van der Waals surface area contributed by atoms with Gasteiger partial charge < -0.3 is 38.4 Å². The monoisotopic (exact) mass is 770 g/mol. The van der Waals surface area contributed by atoms with Crippen LogP contribution in [-0.4, -0.2) is 84.6 Å². The standard InChI is InChI=1S/C34H37Cl3N2O12/c1-46-26(40)12-10-20-23(15-29(43)49-4)31(33(45)51-18-34(35,36)37)38-24(20)16-25-22(14-28(42)48-3)21(11-13-27(41)47-2)30(39-25)32(44)50-17-19-8-6-5-7-9-19/h5-9,38-39H,10-18H2,1-4H3. The van der Waals surface area contributed by atoms with E-state index in [1.807, 2.05) is 6.07 Å². The van der Waals surface area contributed by atoms with Gasteiger partial charge >= 0.3 is 35.8 Å². The van der Waals surface area contributed by atoms with Crippen LogP contribution in [0.2, 0.25) is 0 Å². The summed E-state index contributed by atoms with van der Waals surface area (Å²) in [6.45, 7) is -0.695. The molecule has 0 unspecified atom stereocenters. The number of benzene rings is 1. The lowest BCUT2D eigenvalue weighted by Crippen LogP contribution is -2.19. The summed E-state index contributed by atoms with van der Waals surface area (Å²) in [6, 6.07) is 8.94. The summed E-state index contributed by atoms with van der Waals surface area (Å²) in [4.78, 5) is 82.6. The van der Waals surface area contributed by atoms with Crippen molar-refractivity contribution < 1.29 is 57.2 Å². The maximum Gasteiger partial charge on any atom is 0.355 e. The maximum absolute atomic E-state index is 13.6. The molecule has 17 heteroatoms. The lowest BCUT2D eigenvalue weighted by atomic mass is 9.96. The second-order valence-electron chi connectivity index (χ2n) is 11.0. The van der Waals surface area contributed by atoms with Crippen LogP contribution >= 0.6 is 34.8 Å². The minimum Gasteiger partial charge on any atom is -0.469 e. The number of ether oxygens (including phenoxy) is 6. The summed E-state index contributed by atoms with van der Waals surface area (Å²) in [6.07, 6.45) is -1.19. The molecular formula is C34H37Cl3N2O12. The largest absolute Gasteiger partial charge is 0.469 e. The van der Waals surface area contributed by atoms with Crippen LogP contribution in [-0.2, 0) is 86.3 Å². The first-order valence-electron chi connectivity index (χ1n) is 15.4. The molecule has 0 aliphatic heterocycles. The van der Waals surface area contributed by atoms with E-state index in [4.69, 9.17) is 63.2 Å². The van der Waals surface area contributed by atoms with Crippen molar-refractivity contribution in [3.05, 3.63) is 80.9 Å². The Bertz CT molecular complexity index is 1730. The van der Waals surface area contributed by atoms with Gasteiger partial charge in [-0.3, -0.25) is 19.2 Å². The zero-order valence-electron chi connectivity index (χ0n) is 28.3. The predicted molar refractivity (Wildman–Crippen MR) is 183 cm³/mol. The Morgan fingerprint density at radius 3 is 1.61 bits per heavy atom. The van der Waals surface area contributed by atoms with Crippen molar-refractivity contribution in [1.29, 1.82) is 0 Å². The summed E-state index contributed by atoms with van der Waals surface area (Å²) in [7, 11) is 4.79. The van der Waals surface area contributed by atoms with Crippen LogP contribution in [0.15, 0.2) is 30.3 Å². The van der Waals surface area contributed by atoms with E-state index >= 15 is 0 Å². The number of halogens is 3. The fourth-order valence-electron chi connectivity index (χ4n) is 5.19. The quantitative estimate of drug-likeness (QED) is 0.112. The number of carbonyl (C=O) groups excluding carboxylic acids is 6. The lowest BCUT2D eigenvalue weighted by molar-refractivity contribution is -0.141. The van der Waals surface area contributed by atoms with Gasteiger partial charge in [0.05, 0.1) is 41.3 Å². The molecule has 0 spiro atoms. The van der Waals surface area contributed by atoms with E-state index in [0.29, 0.717) is 28.1 Å². The first kappa shape index (κ1) is 40.9. The minimum atomic E-state index is -1.94. The van der Waals surface area contributed by atoms with E-state index < -0.39 is 52.6 Å². The highest BCUT2D eigenvalue weighted by molar-refractivity contribution is 6.67. The third-order valence-corrected chi connectivity index (χ3v) is 7.99. The van der Waals surface area contributed by atoms with Gasteiger partial charge in [-0.1, -0.05) is 65.1 Å². The number of hydrogen-bond acceptors (Lipinski definition) is 12. The number of rotatable bonds is 17. The number of hydrogen-bond donors (Lipinski definition) is 2. The third kappa shape index (κ3) is 12.0. The Labute approximate surface area is 308 Å². The van der Waals surface area contributed by atoms with Gasteiger partial charge in [-0.15, -0.1) is 0 Å². The number of carbonyl (C=O) groups is 6. The molecule has 51 heavy (non-hydrogen) atoms. The number of nitrogens with one attached hydrogen (secondary N) is 2. The van der Waals surface area contributed by atoms with E-state index in [9.17, 15) is 28.8 Å². The minimum absolute atomic E-state index is 0.0171. The lowest BCUT2D eigenvalue weighted by Gasteiger charge is -2.12. The van der Waals surface area contributed by atoms with Crippen molar-refractivity contribution in [2.75, 3.05) is 35.0 Å². The van der Waals surface area contributed by atoms with Crippen LogP contribution in [0.4, 0.5) is 0 Å². The van der Waals surface area contributed by atoms with Crippen molar-refractivity contribution >= 4 is 70.6 Å². The molecule has 0 aliphatic carbocycles. The molecule has 2 aromatic heterocycles. The molecule has 0 saturated heterocycles. The van der Waals surface area contributed by atoms with Gasteiger partial charge in [-0.25, -0.2) is 9.59 Å². The first-order chi connectivity index (χ1) is 24.2. The van der Waals surface area contributed by atoms with Gasteiger partial charge in [-0.2, -0.15) is 0 Å². The Morgan fingerprint density at radius 1 is 0.608 bits per heavy atom. The zero-order valence-corrected chi connectivity index (χ0v) is 30.6. The van der Waals surface area contributed by atoms with Gasteiger partial charge in [-0.05, 0) is 40.7 Å². The van der Waals surface area contributed by atoms with E-state index in [-0.39, 0.29) is 62.1 Å². The fraction of sp³-hybridized carbons (Fsp3) is 0.412. The second-order valence-corrected chi connectivity index (χ2v) is 13.5. The van der Waals surface area contributed by atoms with Crippen molar-refractivity contribution in [3.8, 4) is 0 Å². The number of methoxy groups -OCH3 is 4. The number of aromatic amines is 2. The number of esters is 6. The van der Waals surface area contributed by atoms with Gasteiger partial charge in [0.2, 0.25) is 3.79 Å². The van der Waals surface area contributed by atoms with Gasteiger partial charge in [0.1, 0.15) is 24.6 Å². The smallest absolute Gasteiger partial charge is 0.355 e. The van der Waals surface area contributed by atoms with Crippen molar-refractivity contribution in [1.82, 2.24) is 9.97 Å². The average Bonchev–Trinajstić information content (AvgIpc) is 3.63. The summed E-state index contributed by atoms with van der Waals surface area (Å²) < 4.78 is 28.3. The predicted octanol–water partition coefficient (Wildman–Crippen LogP) is 4.46. The molecule has 1 aromatic carbocycles. The van der Waals surface area contributed by atoms with Gasteiger partial charge in [0.15, 0.2) is 0 Å². The Hall–Kier alpha value is -4.53. The molecular weight excluding hydrogens is 735 g/mol. The number of alkyl halides is 3. The van der Waals surface area contributed by atoms with Crippen LogP contribution < -0.4 is 0 Å².